The lowest BCUT2D eigenvalue weighted by Crippen LogP contribution is -2.30. The van der Waals surface area contributed by atoms with Crippen LogP contribution < -0.4 is 0 Å². The Morgan fingerprint density at radius 2 is 0.550 bits per heavy atom. The molecule has 6 nitrogen and oxygen atoms in total. The molecule has 1 atom stereocenters. The summed E-state index contributed by atoms with van der Waals surface area (Å²) in [6, 6.07) is 0. The fraction of sp³-hybridized carbons (Fsp3) is 0.907. The third-order valence-corrected chi connectivity index (χ3v) is 12.0. The molecular formula is C54H102O6. The molecule has 0 N–H and O–H groups in total. The third-order valence-electron chi connectivity index (χ3n) is 12.0. The van der Waals surface area contributed by atoms with Gasteiger partial charge in [-0.25, -0.2) is 0 Å². The summed E-state index contributed by atoms with van der Waals surface area (Å²) in [5.74, 6) is -0.865. The van der Waals surface area contributed by atoms with Gasteiger partial charge in [0.25, 0.3) is 0 Å². The van der Waals surface area contributed by atoms with Crippen molar-refractivity contribution in [1.29, 1.82) is 0 Å². The molecule has 0 aromatic rings. The Hall–Kier alpha value is -1.85. The summed E-state index contributed by atoms with van der Waals surface area (Å²) in [7, 11) is 0. The number of ether oxygens (including phenoxy) is 3. The van der Waals surface area contributed by atoms with Gasteiger partial charge in [0.05, 0.1) is 0 Å². The van der Waals surface area contributed by atoms with Gasteiger partial charge in [0.1, 0.15) is 13.2 Å². The van der Waals surface area contributed by atoms with E-state index >= 15 is 0 Å². The van der Waals surface area contributed by atoms with Crippen molar-refractivity contribution in [2.45, 2.75) is 303 Å². The van der Waals surface area contributed by atoms with E-state index in [9.17, 15) is 14.4 Å². The molecule has 0 saturated carbocycles. The highest BCUT2D eigenvalue weighted by atomic mass is 16.6. The van der Waals surface area contributed by atoms with Crippen molar-refractivity contribution in [3.63, 3.8) is 0 Å². The molecule has 1 unspecified atom stereocenters. The smallest absolute Gasteiger partial charge is 0.306 e. The van der Waals surface area contributed by atoms with E-state index in [-0.39, 0.29) is 31.1 Å². The van der Waals surface area contributed by atoms with Crippen LogP contribution in [0.15, 0.2) is 12.2 Å². The molecule has 0 amide bonds. The molecule has 0 aliphatic heterocycles. The molecule has 0 aliphatic rings. The van der Waals surface area contributed by atoms with Gasteiger partial charge in [-0.2, -0.15) is 0 Å². The zero-order valence-corrected chi connectivity index (χ0v) is 40.5. The lowest BCUT2D eigenvalue weighted by molar-refractivity contribution is -0.167. The molecule has 354 valence electrons. The van der Waals surface area contributed by atoms with E-state index in [0.29, 0.717) is 19.3 Å². The van der Waals surface area contributed by atoms with Gasteiger partial charge in [0.15, 0.2) is 6.10 Å². The predicted octanol–water partition coefficient (Wildman–Crippen LogP) is 17.4. The van der Waals surface area contributed by atoms with Crippen LogP contribution in [0.2, 0.25) is 0 Å². The molecule has 0 aromatic carbocycles. The van der Waals surface area contributed by atoms with Crippen LogP contribution >= 0.6 is 0 Å². The normalized spacial score (nSPS) is 12.0. The fourth-order valence-corrected chi connectivity index (χ4v) is 7.97. The van der Waals surface area contributed by atoms with Crippen LogP contribution in [-0.2, 0) is 28.6 Å². The molecule has 0 heterocycles. The molecule has 0 radical (unpaired) electrons. The monoisotopic (exact) mass is 847 g/mol. The van der Waals surface area contributed by atoms with Gasteiger partial charge >= 0.3 is 17.9 Å². The van der Waals surface area contributed by atoms with E-state index < -0.39 is 6.10 Å². The van der Waals surface area contributed by atoms with Gasteiger partial charge in [0, 0.05) is 19.3 Å². The summed E-state index contributed by atoms with van der Waals surface area (Å²) in [5.41, 5.74) is 0. The summed E-state index contributed by atoms with van der Waals surface area (Å²) in [6.07, 6.45) is 55.3. The van der Waals surface area contributed by atoms with E-state index in [2.05, 4.69) is 32.9 Å². The van der Waals surface area contributed by atoms with Crippen molar-refractivity contribution >= 4 is 17.9 Å². The first-order chi connectivity index (χ1) is 29.5. The topological polar surface area (TPSA) is 78.9 Å². The standard InChI is InChI=1S/C54H102O6/c1-4-7-10-13-15-17-19-21-23-24-25-26-27-28-29-30-31-33-34-36-38-41-44-47-53(56)59-50-51(49-58-52(55)46-43-40-12-9-6-3)60-54(57)48-45-42-39-37-35-32-22-20-18-16-14-11-8-5-2/h24-25,51H,4-23,26-50H2,1-3H3/b25-24-. The number of hydrogen-bond donors (Lipinski definition) is 0. The first-order valence-electron chi connectivity index (χ1n) is 26.7. The van der Waals surface area contributed by atoms with Crippen LogP contribution in [0.4, 0.5) is 0 Å². The minimum Gasteiger partial charge on any atom is -0.462 e. The highest BCUT2D eigenvalue weighted by molar-refractivity contribution is 5.71. The average molecular weight is 847 g/mol. The second kappa shape index (κ2) is 49.8. The first-order valence-corrected chi connectivity index (χ1v) is 26.7. The highest BCUT2D eigenvalue weighted by Gasteiger charge is 2.19. The summed E-state index contributed by atoms with van der Waals surface area (Å²) >= 11 is 0. The highest BCUT2D eigenvalue weighted by Crippen LogP contribution is 2.16. The van der Waals surface area contributed by atoms with Crippen LogP contribution in [0.5, 0.6) is 0 Å². The number of hydrogen-bond acceptors (Lipinski definition) is 6. The number of rotatable bonds is 49. The third kappa shape index (κ3) is 47.2. The fourth-order valence-electron chi connectivity index (χ4n) is 7.97. The van der Waals surface area contributed by atoms with Crippen molar-refractivity contribution in [3.8, 4) is 0 Å². The molecule has 0 fully saturated rings. The molecule has 6 heteroatoms. The maximum atomic E-state index is 12.7. The number of unbranched alkanes of at least 4 members (excludes halogenated alkanes) is 36. The van der Waals surface area contributed by atoms with Crippen LogP contribution in [0.3, 0.4) is 0 Å². The number of carbonyl (C=O) groups is 3. The van der Waals surface area contributed by atoms with Crippen LogP contribution in [0.25, 0.3) is 0 Å². The maximum Gasteiger partial charge on any atom is 0.306 e. The summed E-state index contributed by atoms with van der Waals surface area (Å²) in [5, 5.41) is 0. The molecule has 0 aromatic heterocycles. The SMILES string of the molecule is CCCCCCCCCC/C=C\CCCCCCCCCCCCCC(=O)OCC(COC(=O)CCCCCCC)OC(=O)CCCCCCCCCCCCCCCC. The van der Waals surface area contributed by atoms with Crippen molar-refractivity contribution in [3.05, 3.63) is 12.2 Å². The molecule has 0 spiro atoms. The Morgan fingerprint density at radius 1 is 0.317 bits per heavy atom. The van der Waals surface area contributed by atoms with E-state index in [1.165, 1.54) is 193 Å². The zero-order chi connectivity index (χ0) is 43.7. The molecule has 0 saturated heterocycles. The lowest BCUT2D eigenvalue weighted by Gasteiger charge is -2.18. The molecule has 0 bridgehead atoms. The van der Waals surface area contributed by atoms with Gasteiger partial charge in [-0.15, -0.1) is 0 Å². The number of esters is 3. The van der Waals surface area contributed by atoms with Crippen molar-refractivity contribution in [2.24, 2.45) is 0 Å². The van der Waals surface area contributed by atoms with Gasteiger partial charge in [-0.05, 0) is 44.9 Å². The van der Waals surface area contributed by atoms with E-state index in [1.54, 1.807) is 0 Å². The predicted molar refractivity (Wildman–Crippen MR) is 256 cm³/mol. The van der Waals surface area contributed by atoms with Crippen LogP contribution in [0.1, 0.15) is 297 Å². The largest absolute Gasteiger partial charge is 0.462 e. The molecule has 0 rings (SSSR count). The Morgan fingerprint density at radius 3 is 0.833 bits per heavy atom. The summed E-state index contributed by atoms with van der Waals surface area (Å²) in [4.78, 5) is 37.6. The quantitative estimate of drug-likeness (QED) is 0.0263. The number of allylic oxidation sites excluding steroid dienone is 2. The Bertz CT molecular complexity index is 931. The minimum absolute atomic E-state index is 0.0663. The second-order valence-electron chi connectivity index (χ2n) is 18.2. The van der Waals surface area contributed by atoms with Gasteiger partial charge in [-0.1, -0.05) is 245 Å². The van der Waals surface area contributed by atoms with Crippen molar-refractivity contribution in [2.75, 3.05) is 13.2 Å². The zero-order valence-electron chi connectivity index (χ0n) is 40.5. The first kappa shape index (κ1) is 58.1. The van der Waals surface area contributed by atoms with Gasteiger partial charge in [-0.3, -0.25) is 14.4 Å². The second-order valence-corrected chi connectivity index (χ2v) is 18.2. The van der Waals surface area contributed by atoms with Crippen LogP contribution in [-0.4, -0.2) is 37.2 Å². The lowest BCUT2D eigenvalue weighted by atomic mass is 10.0. The van der Waals surface area contributed by atoms with Crippen molar-refractivity contribution < 1.29 is 28.6 Å². The molecule has 0 aliphatic carbocycles. The Kier molecular flexibility index (Phi) is 48.3. The Labute approximate surface area is 373 Å². The van der Waals surface area contributed by atoms with Crippen LogP contribution in [0, 0.1) is 0 Å². The molecular weight excluding hydrogens is 745 g/mol. The summed E-state index contributed by atoms with van der Waals surface area (Å²) < 4.78 is 16.7. The van der Waals surface area contributed by atoms with E-state index in [0.717, 1.165) is 64.2 Å². The average Bonchev–Trinajstić information content (AvgIpc) is 3.24. The maximum absolute atomic E-state index is 12.7. The minimum atomic E-state index is -0.761. The Balaban J connectivity index is 4.04. The van der Waals surface area contributed by atoms with Gasteiger partial charge in [0.2, 0.25) is 0 Å². The number of carbonyl (C=O) groups excluding carboxylic acids is 3. The van der Waals surface area contributed by atoms with Crippen molar-refractivity contribution in [1.82, 2.24) is 0 Å². The van der Waals surface area contributed by atoms with E-state index in [4.69, 9.17) is 14.2 Å². The van der Waals surface area contributed by atoms with E-state index in [1.807, 2.05) is 0 Å². The van der Waals surface area contributed by atoms with Gasteiger partial charge < -0.3 is 14.2 Å². The molecule has 60 heavy (non-hydrogen) atoms. The summed E-state index contributed by atoms with van der Waals surface area (Å²) in [6.45, 7) is 6.59.